The second-order valence-corrected chi connectivity index (χ2v) is 19.8. The standard InChI is InChI=1S/C62H63N7O8/c1-9-43-34(2)47-30-53-58(36(4)49(67-53)28-48-35(3)44(19-20-57(71)72)60(68-48)46-26-54(70)59-37(5)50(69-61(46)59)29-52(43)66-47)38(6)77-32-41-17-14-39(15-18-41)13-16-40-11-10-12-42(25-40)65-62-45-27-55(75-23-21-73-7)56(76-24-22-74-8)31-51(45)63-33-64-62/h10-12,14-15,17-18,25,27-31,33,35,38,44,68,70H,9,19-24,26,32H2,1-8H3,(H,71,72)(H,63,64,65)/t35-,38?,44-/m0/s1. The molecule has 15 heteroatoms. The van der Waals surface area contributed by atoms with Gasteiger partial charge in [0.1, 0.15) is 31.1 Å². The van der Waals surface area contributed by atoms with Gasteiger partial charge in [0.25, 0.3) is 0 Å². The lowest BCUT2D eigenvalue weighted by molar-refractivity contribution is -0.137. The maximum Gasteiger partial charge on any atom is 0.303 e. The zero-order valence-corrected chi connectivity index (χ0v) is 44.8. The average molecular weight is 1030 g/mol. The third-order valence-corrected chi connectivity index (χ3v) is 14.9. The van der Waals surface area contributed by atoms with Gasteiger partial charge in [0, 0.05) is 95.3 Å². The van der Waals surface area contributed by atoms with E-state index in [9.17, 15) is 15.0 Å². The van der Waals surface area contributed by atoms with E-state index in [1.54, 1.807) is 14.2 Å². The van der Waals surface area contributed by atoms with Gasteiger partial charge >= 0.3 is 5.97 Å². The molecule has 10 rings (SSSR count). The minimum Gasteiger partial charge on any atom is -0.511 e. The zero-order chi connectivity index (χ0) is 53.9. The number of nitrogens with one attached hydrogen (secondary N) is 2. The van der Waals surface area contributed by atoms with Crippen LogP contribution in [-0.4, -0.2) is 90.0 Å². The summed E-state index contributed by atoms with van der Waals surface area (Å²) in [6.07, 6.45) is 8.92. The van der Waals surface area contributed by atoms with Crippen molar-refractivity contribution in [3.63, 3.8) is 0 Å². The number of carboxylic acid groups (broad SMARTS) is 1. The molecule has 1 unspecified atom stereocenters. The lowest BCUT2D eigenvalue weighted by Gasteiger charge is -2.17. The van der Waals surface area contributed by atoms with Gasteiger partial charge in [-0.1, -0.05) is 43.9 Å². The predicted octanol–water partition coefficient (Wildman–Crippen LogP) is 11.3. The number of benzene rings is 3. The van der Waals surface area contributed by atoms with Gasteiger partial charge in [-0.15, -0.1) is 0 Å². The number of aliphatic imine (C=N–C) groups is 3. The van der Waals surface area contributed by atoms with Crippen LogP contribution in [0.1, 0.15) is 83.9 Å². The normalized spacial score (nSPS) is 19.0. The zero-order valence-electron chi connectivity index (χ0n) is 44.8. The Morgan fingerprint density at radius 3 is 2.31 bits per heavy atom. The molecule has 6 aliphatic rings. The summed E-state index contributed by atoms with van der Waals surface area (Å²) in [6, 6.07) is 19.7. The van der Waals surface area contributed by atoms with Gasteiger partial charge in [0.2, 0.25) is 0 Å². The quantitative estimate of drug-likeness (QED) is 0.0546. The molecule has 4 N–H and O–H groups in total. The summed E-state index contributed by atoms with van der Waals surface area (Å²) in [5, 5.41) is 29.2. The van der Waals surface area contributed by atoms with Crippen molar-refractivity contribution in [2.75, 3.05) is 46.0 Å². The number of aliphatic hydroxyl groups excluding tert-OH is 1. The molecule has 5 aliphatic heterocycles. The van der Waals surface area contributed by atoms with Gasteiger partial charge in [0.15, 0.2) is 11.5 Å². The number of carbonyl (C=O) groups is 1. The number of allylic oxidation sites excluding steroid dienone is 11. The van der Waals surface area contributed by atoms with Crippen molar-refractivity contribution in [2.45, 2.75) is 79.9 Å². The molecule has 394 valence electrons. The van der Waals surface area contributed by atoms with Gasteiger partial charge in [-0.2, -0.15) is 0 Å². The lowest BCUT2D eigenvalue weighted by atomic mass is 9.86. The van der Waals surface area contributed by atoms with Crippen LogP contribution in [0.3, 0.4) is 0 Å². The van der Waals surface area contributed by atoms with Crippen LogP contribution >= 0.6 is 0 Å². The molecule has 3 atom stereocenters. The van der Waals surface area contributed by atoms with E-state index in [0.717, 1.165) is 119 Å². The molecule has 1 aliphatic carbocycles. The summed E-state index contributed by atoms with van der Waals surface area (Å²) >= 11 is 0. The molecule has 1 aromatic heterocycles. The van der Waals surface area contributed by atoms with E-state index in [2.05, 4.69) is 79.2 Å². The van der Waals surface area contributed by atoms with E-state index in [1.807, 2.05) is 73.7 Å². The van der Waals surface area contributed by atoms with Crippen molar-refractivity contribution in [3.05, 3.63) is 175 Å². The number of aliphatic hydroxyl groups is 1. The Balaban J connectivity index is 0.878. The Bertz CT molecular complexity index is 3520. The predicted molar refractivity (Wildman–Crippen MR) is 300 cm³/mol. The van der Waals surface area contributed by atoms with Crippen LogP contribution in [0.2, 0.25) is 0 Å². The SMILES string of the molecule is CCC1=C(C)C2=NC1=CC1=C(C)C3=C(O)CC(=C4NC(=CC5=NC(=C2)C(C(C)OCc2ccc(C#Cc6cccc(Nc7ncnc8cc(OCCOC)c(OCCOC)cc78)c6)cc2)=C5C)[C@@H](C)[C@@H]4CCC(=O)O)C3=N1. The van der Waals surface area contributed by atoms with Crippen LogP contribution in [0, 0.1) is 23.7 Å². The Labute approximate surface area is 449 Å². The van der Waals surface area contributed by atoms with Crippen LogP contribution in [0.25, 0.3) is 10.9 Å². The molecule has 6 heterocycles. The summed E-state index contributed by atoms with van der Waals surface area (Å²) in [4.78, 5) is 36.7. The summed E-state index contributed by atoms with van der Waals surface area (Å²) in [5.74, 6) is 7.62. The molecule has 8 bridgehead atoms. The number of hydrogen-bond donors (Lipinski definition) is 4. The Kier molecular flexibility index (Phi) is 15.3. The van der Waals surface area contributed by atoms with Crippen molar-refractivity contribution < 1.29 is 38.7 Å². The summed E-state index contributed by atoms with van der Waals surface area (Å²) in [6.45, 7) is 14.4. The van der Waals surface area contributed by atoms with Crippen molar-refractivity contribution in [1.29, 1.82) is 0 Å². The Hall–Kier alpha value is -8.16. The van der Waals surface area contributed by atoms with Crippen molar-refractivity contribution >= 4 is 45.5 Å². The maximum atomic E-state index is 12.0. The van der Waals surface area contributed by atoms with E-state index in [-0.39, 0.29) is 30.1 Å². The number of methoxy groups -OCH3 is 2. The number of rotatable bonds is 18. The molecule has 0 spiro atoms. The summed E-state index contributed by atoms with van der Waals surface area (Å²) in [7, 11) is 3.25. The van der Waals surface area contributed by atoms with E-state index in [4.69, 9.17) is 38.7 Å². The number of carboxylic acids is 1. The number of aliphatic carboxylic acids is 1. The smallest absolute Gasteiger partial charge is 0.303 e. The second-order valence-electron chi connectivity index (χ2n) is 19.8. The minimum atomic E-state index is -0.846. The van der Waals surface area contributed by atoms with Gasteiger partial charge in [-0.3, -0.25) is 4.79 Å². The number of nitrogens with zero attached hydrogens (tertiary/aromatic N) is 5. The molecule has 77 heavy (non-hydrogen) atoms. The molecule has 0 radical (unpaired) electrons. The molecule has 4 aromatic rings. The number of hydrogen-bond acceptors (Lipinski definition) is 14. The molecular formula is C62H63N7O8. The highest BCUT2D eigenvalue weighted by atomic mass is 16.5. The number of anilines is 2. The fourth-order valence-corrected chi connectivity index (χ4v) is 10.7. The fraction of sp³-hybridized carbons (Fsp3) is 0.323. The first-order valence-electron chi connectivity index (χ1n) is 26.1. The van der Waals surface area contributed by atoms with Gasteiger partial charge in [0.05, 0.1) is 65.7 Å². The van der Waals surface area contributed by atoms with Gasteiger partial charge < -0.3 is 44.5 Å². The summed E-state index contributed by atoms with van der Waals surface area (Å²) in [5.41, 5.74) is 17.5. The van der Waals surface area contributed by atoms with Crippen LogP contribution < -0.4 is 20.1 Å². The molecule has 3 aromatic carbocycles. The third kappa shape index (κ3) is 10.8. The Morgan fingerprint density at radius 2 is 1.57 bits per heavy atom. The lowest BCUT2D eigenvalue weighted by Crippen LogP contribution is -2.15. The first-order valence-corrected chi connectivity index (χ1v) is 26.1. The first-order chi connectivity index (χ1) is 37.3. The second kappa shape index (κ2) is 22.6. The average Bonchev–Trinajstić information content (AvgIpc) is 4.19. The molecule has 1 fully saturated rings. The van der Waals surface area contributed by atoms with Crippen molar-refractivity contribution in [3.8, 4) is 23.3 Å². The van der Waals surface area contributed by atoms with Crippen LogP contribution in [0.15, 0.2) is 173 Å². The largest absolute Gasteiger partial charge is 0.511 e. The number of ether oxygens (including phenoxy) is 5. The highest BCUT2D eigenvalue weighted by molar-refractivity contribution is 6.21. The highest BCUT2D eigenvalue weighted by Crippen LogP contribution is 2.47. The number of fused-ring (bicyclic) bond motifs is 6. The molecule has 1 saturated heterocycles. The van der Waals surface area contributed by atoms with E-state index in [0.29, 0.717) is 68.7 Å². The van der Waals surface area contributed by atoms with E-state index in [1.165, 1.54) is 6.33 Å². The van der Waals surface area contributed by atoms with Crippen molar-refractivity contribution in [1.82, 2.24) is 15.3 Å². The van der Waals surface area contributed by atoms with Crippen LogP contribution in [0.5, 0.6) is 11.5 Å². The highest BCUT2D eigenvalue weighted by Gasteiger charge is 2.41. The fourth-order valence-electron chi connectivity index (χ4n) is 10.7. The summed E-state index contributed by atoms with van der Waals surface area (Å²) < 4.78 is 29.1. The Morgan fingerprint density at radius 1 is 0.844 bits per heavy atom. The molecule has 15 nitrogen and oxygen atoms in total. The molecule has 0 saturated carbocycles. The van der Waals surface area contributed by atoms with Crippen molar-refractivity contribution in [2.24, 2.45) is 26.8 Å². The van der Waals surface area contributed by atoms with Crippen LogP contribution in [0.4, 0.5) is 11.5 Å². The third-order valence-electron chi connectivity index (χ3n) is 14.9. The molecule has 0 amide bonds. The van der Waals surface area contributed by atoms with E-state index < -0.39 is 5.97 Å². The van der Waals surface area contributed by atoms with E-state index >= 15 is 0 Å². The monoisotopic (exact) mass is 1030 g/mol. The van der Waals surface area contributed by atoms with Gasteiger partial charge in [-0.25, -0.2) is 24.9 Å². The minimum absolute atomic E-state index is 0.0166. The topological polar surface area (TPSA) is 191 Å². The van der Waals surface area contributed by atoms with Crippen LogP contribution in [-0.2, 0) is 25.6 Å². The first kappa shape index (κ1) is 52.3. The molecular weight excluding hydrogens is 971 g/mol. The number of aromatic nitrogens is 2. The van der Waals surface area contributed by atoms with Gasteiger partial charge in [-0.05, 0) is 123 Å². The maximum absolute atomic E-state index is 12.0.